The molecule has 2 aromatic rings. The van der Waals surface area contributed by atoms with Gasteiger partial charge in [-0.15, -0.1) is 0 Å². The van der Waals surface area contributed by atoms with Gasteiger partial charge in [-0.25, -0.2) is 4.39 Å². The first-order chi connectivity index (χ1) is 9.11. The van der Waals surface area contributed by atoms with Gasteiger partial charge < -0.3 is 10.4 Å². The lowest BCUT2D eigenvalue weighted by Gasteiger charge is -2.09. The molecule has 100 valence electrons. The number of benzene rings is 1. The molecule has 1 aromatic carbocycles. The van der Waals surface area contributed by atoms with Crippen molar-refractivity contribution in [2.75, 3.05) is 6.54 Å². The molecule has 0 bridgehead atoms. The lowest BCUT2D eigenvalue weighted by atomic mass is 10.3. The van der Waals surface area contributed by atoms with Crippen LogP contribution in [0.4, 0.5) is 4.39 Å². The average Bonchev–Trinajstić information content (AvgIpc) is 2.39. The maximum absolute atomic E-state index is 12.9. The Morgan fingerprint density at radius 3 is 2.68 bits per heavy atom. The summed E-state index contributed by atoms with van der Waals surface area (Å²) in [7, 11) is 0. The summed E-state index contributed by atoms with van der Waals surface area (Å²) in [4.78, 5) is 11.8. The highest BCUT2D eigenvalue weighted by atomic mass is 19.1. The van der Waals surface area contributed by atoms with Gasteiger partial charge in [0.2, 0.25) is 0 Å². The summed E-state index contributed by atoms with van der Waals surface area (Å²) in [5.41, 5.74) is 0.347. The molecule has 0 spiro atoms. The van der Waals surface area contributed by atoms with Crippen molar-refractivity contribution in [3.63, 3.8) is 0 Å². The summed E-state index contributed by atoms with van der Waals surface area (Å²) in [5, 5.41) is 16.8. The molecule has 19 heavy (non-hydrogen) atoms. The van der Waals surface area contributed by atoms with Crippen LogP contribution in [0.1, 0.15) is 12.6 Å². The smallest absolute Gasteiger partial charge is 0.275 e. The molecule has 0 atom stereocenters. The van der Waals surface area contributed by atoms with Gasteiger partial charge >= 0.3 is 0 Å². The number of hydrogen-bond acceptors (Lipinski definition) is 4. The van der Waals surface area contributed by atoms with Gasteiger partial charge in [0, 0.05) is 12.6 Å². The van der Waals surface area contributed by atoms with E-state index in [1.54, 1.807) is 0 Å². The fourth-order valence-corrected chi connectivity index (χ4v) is 1.62. The average molecular weight is 263 g/mol. The highest BCUT2D eigenvalue weighted by molar-refractivity contribution is 5.33. The van der Waals surface area contributed by atoms with Crippen LogP contribution in [0, 0.1) is 5.82 Å². The van der Waals surface area contributed by atoms with Crippen molar-refractivity contribution in [1.29, 1.82) is 0 Å². The maximum Gasteiger partial charge on any atom is 0.275 e. The van der Waals surface area contributed by atoms with Crippen molar-refractivity contribution in [2.45, 2.75) is 13.5 Å². The second-order valence-corrected chi connectivity index (χ2v) is 3.98. The van der Waals surface area contributed by atoms with Gasteiger partial charge in [-0.1, -0.05) is 6.92 Å². The molecule has 2 rings (SSSR count). The molecule has 0 amide bonds. The van der Waals surface area contributed by atoms with Crippen LogP contribution in [0.25, 0.3) is 5.69 Å². The molecule has 1 aromatic heterocycles. The van der Waals surface area contributed by atoms with E-state index in [-0.39, 0.29) is 11.6 Å². The van der Waals surface area contributed by atoms with E-state index in [4.69, 9.17) is 0 Å². The van der Waals surface area contributed by atoms with Crippen molar-refractivity contribution in [3.8, 4) is 11.4 Å². The molecular formula is C13H14FN3O2. The number of aromatic hydroxyl groups is 1. The van der Waals surface area contributed by atoms with Crippen molar-refractivity contribution < 1.29 is 9.50 Å². The van der Waals surface area contributed by atoms with Crippen LogP contribution in [0.15, 0.2) is 35.1 Å². The summed E-state index contributed by atoms with van der Waals surface area (Å²) in [6.45, 7) is 2.99. The van der Waals surface area contributed by atoms with Crippen LogP contribution in [-0.4, -0.2) is 21.4 Å². The molecule has 0 radical (unpaired) electrons. The second kappa shape index (κ2) is 5.62. The summed E-state index contributed by atoms with van der Waals surface area (Å²) in [6.07, 6.45) is 0. The van der Waals surface area contributed by atoms with E-state index < -0.39 is 5.56 Å². The molecule has 0 fully saturated rings. The number of halogens is 1. The molecule has 2 N–H and O–H groups in total. The highest BCUT2D eigenvalue weighted by Gasteiger charge is 2.09. The number of nitrogens with one attached hydrogen (secondary N) is 1. The van der Waals surface area contributed by atoms with Crippen LogP contribution in [0.3, 0.4) is 0 Å². The zero-order chi connectivity index (χ0) is 13.8. The van der Waals surface area contributed by atoms with E-state index in [2.05, 4.69) is 10.4 Å². The van der Waals surface area contributed by atoms with E-state index in [9.17, 15) is 14.3 Å². The fourth-order valence-electron chi connectivity index (χ4n) is 1.62. The van der Waals surface area contributed by atoms with Crippen LogP contribution in [0.2, 0.25) is 0 Å². The lowest BCUT2D eigenvalue weighted by molar-refractivity contribution is 0.452. The highest BCUT2D eigenvalue weighted by Crippen LogP contribution is 2.12. The van der Waals surface area contributed by atoms with Crippen molar-refractivity contribution in [3.05, 3.63) is 52.2 Å². The third-order valence-electron chi connectivity index (χ3n) is 2.60. The Morgan fingerprint density at radius 2 is 2.05 bits per heavy atom. The number of aromatic nitrogens is 2. The van der Waals surface area contributed by atoms with E-state index in [1.807, 2.05) is 6.92 Å². The van der Waals surface area contributed by atoms with Gasteiger partial charge in [0.1, 0.15) is 17.3 Å². The van der Waals surface area contributed by atoms with Crippen molar-refractivity contribution >= 4 is 0 Å². The molecule has 1 heterocycles. The first-order valence-electron chi connectivity index (χ1n) is 5.90. The molecule has 0 unspecified atom stereocenters. The van der Waals surface area contributed by atoms with Crippen LogP contribution in [0.5, 0.6) is 5.75 Å². The Kier molecular flexibility index (Phi) is 3.91. The maximum atomic E-state index is 12.9. The SMILES string of the molecule is CCNCc1nn(-c2ccc(F)cc2)c(=O)cc1O. The second-order valence-electron chi connectivity index (χ2n) is 3.98. The van der Waals surface area contributed by atoms with E-state index >= 15 is 0 Å². The number of rotatable bonds is 4. The lowest BCUT2D eigenvalue weighted by Crippen LogP contribution is -2.24. The Hall–Kier alpha value is -2.21. The molecule has 0 aliphatic rings. The topological polar surface area (TPSA) is 67.2 Å². The fraction of sp³-hybridized carbons (Fsp3) is 0.231. The molecule has 0 aliphatic carbocycles. The quantitative estimate of drug-likeness (QED) is 0.869. The largest absolute Gasteiger partial charge is 0.506 e. The predicted octanol–water partition coefficient (Wildman–Crippen LogP) is 1.19. The normalized spacial score (nSPS) is 10.6. The molecule has 0 aliphatic heterocycles. The monoisotopic (exact) mass is 263 g/mol. The van der Waals surface area contributed by atoms with E-state index in [0.29, 0.717) is 17.9 Å². The Morgan fingerprint density at radius 1 is 1.37 bits per heavy atom. The first kappa shape index (κ1) is 13.2. The van der Waals surface area contributed by atoms with E-state index in [0.717, 1.165) is 17.3 Å². The van der Waals surface area contributed by atoms with Gasteiger partial charge in [-0.3, -0.25) is 4.79 Å². The molecule has 6 heteroatoms. The van der Waals surface area contributed by atoms with Crippen molar-refractivity contribution in [1.82, 2.24) is 15.1 Å². The number of hydrogen-bond donors (Lipinski definition) is 2. The van der Waals surface area contributed by atoms with Gasteiger partial charge in [-0.2, -0.15) is 9.78 Å². The van der Waals surface area contributed by atoms with Gasteiger partial charge in [0.15, 0.2) is 0 Å². The molecular weight excluding hydrogens is 249 g/mol. The van der Waals surface area contributed by atoms with Gasteiger partial charge in [-0.05, 0) is 30.8 Å². The summed E-state index contributed by atoms with van der Waals surface area (Å²) < 4.78 is 14.0. The molecule has 0 saturated heterocycles. The van der Waals surface area contributed by atoms with Crippen LogP contribution < -0.4 is 10.9 Å². The Bertz CT molecular complexity index is 623. The number of nitrogens with zero attached hydrogens (tertiary/aromatic N) is 2. The molecule has 5 nitrogen and oxygen atoms in total. The van der Waals surface area contributed by atoms with Gasteiger partial charge in [0.25, 0.3) is 5.56 Å². The van der Waals surface area contributed by atoms with E-state index in [1.165, 1.54) is 24.3 Å². The summed E-state index contributed by atoms with van der Waals surface area (Å²) >= 11 is 0. The Labute approximate surface area is 109 Å². The summed E-state index contributed by atoms with van der Waals surface area (Å²) in [5.74, 6) is -0.534. The zero-order valence-electron chi connectivity index (χ0n) is 10.4. The van der Waals surface area contributed by atoms with Crippen molar-refractivity contribution in [2.24, 2.45) is 0 Å². The third kappa shape index (κ3) is 2.97. The minimum Gasteiger partial charge on any atom is -0.506 e. The standard InChI is InChI=1S/C13H14FN3O2/c1-2-15-8-11-12(18)7-13(19)17(16-11)10-5-3-9(14)4-6-10/h3-7,15,18H,2,8H2,1H3. The predicted molar refractivity (Wildman–Crippen MR) is 68.8 cm³/mol. The summed E-state index contributed by atoms with van der Waals surface area (Å²) in [6, 6.07) is 6.51. The molecule has 0 saturated carbocycles. The van der Waals surface area contributed by atoms with Gasteiger partial charge in [0.05, 0.1) is 5.69 Å². The first-order valence-corrected chi connectivity index (χ1v) is 5.90. The minimum absolute atomic E-state index is 0.149. The van der Waals surface area contributed by atoms with Crippen LogP contribution in [-0.2, 0) is 6.54 Å². The zero-order valence-corrected chi connectivity index (χ0v) is 10.4. The minimum atomic E-state index is -0.468. The Balaban J connectivity index is 2.45. The third-order valence-corrected chi connectivity index (χ3v) is 2.60. The van der Waals surface area contributed by atoms with Crippen LogP contribution >= 0.6 is 0 Å².